The van der Waals surface area contributed by atoms with Gasteiger partial charge in [0.1, 0.15) is 11.6 Å². The van der Waals surface area contributed by atoms with E-state index in [1.54, 1.807) is 20.9 Å². The lowest BCUT2D eigenvalue weighted by atomic mass is 10.2. The molecule has 0 saturated carbocycles. The van der Waals surface area contributed by atoms with Gasteiger partial charge in [0.25, 0.3) is 5.56 Å². The van der Waals surface area contributed by atoms with Crippen molar-refractivity contribution in [1.82, 2.24) is 9.13 Å². The van der Waals surface area contributed by atoms with Gasteiger partial charge in [-0.15, -0.1) is 0 Å². The van der Waals surface area contributed by atoms with Crippen LogP contribution in [0.3, 0.4) is 0 Å². The molecular weight excluding hydrogens is 335 g/mol. The average molecular weight is 353 g/mol. The van der Waals surface area contributed by atoms with Crippen molar-refractivity contribution in [2.45, 2.75) is 39.2 Å². The maximum absolute atomic E-state index is 14.4. The Labute approximate surface area is 143 Å². The zero-order valence-corrected chi connectivity index (χ0v) is 14.5. The van der Waals surface area contributed by atoms with Crippen molar-refractivity contribution in [2.75, 3.05) is 0 Å². The summed E-state index contributed by atoms with van der Waals surface area (Å²) in [6.45, 7) is 3.61. The van der Waals surface area contributed by atoms with Crippen molar-refractivity contribution in [2.24, 2.45) is 7.05 Å². The van der Waals surface area contributed by atoms with Crippen LogP contribution < -0.4 is 16.0 Å². The summed E-state index contributed by atoms with van der Waals surface area (Å²) in [7, 11) is 1.60. The zero-order chi connectivity index (χ0) is 17.6. The second-order valence-corrected chi connectivity index (χ2v) is 6.57. The lowest BCUT2D eigenvalue weighted by molar-refractivity contribution is 0.242. The molecule has 0 unspecified atom stereocenters. The second-order valence-electron chi connectivity index (χ2n) is 6.16. The quantitative estimate of drug-likeness (QED) is 0.853. The van der Waals surface area contributed by atoms with E-state index in [9.17, 15) is 14.0 Å². The Balaban J connectivity index is 2.29. The molecule has 0 aliphatic heterocycles. The van der Waals surface area contributed by atoms with E-state index in [1.807, 2.05) is 0 Å². The Kier molecular flexibility index (Phi) is 4.25. The van der Waals surface area contributed by atoms with E-state index in [-0.39, 0.29) is 22.6 Å². The number of hydrogen-bond acceptors (Lipinski definition) is 3. The van der Waals surface area contributed by atoms with Gasteiger partial charge in [0.15, 0.2) is 0 Å². The summed E-state index contributed by atoms with van der Waals surface area (Å²) >= 11 is 6.00. The van der Waals surface area contributed by atoms with Gasteiger partial charge in [-0.1, -0.05) is 11.6 Å². The van der Waals surface area contributed by atoms with Gasteiger partial charge in [-0.2, -0.15) is 0 Å². The Morgan fingerprint density at radius 2 is 1.96 bits per heavy atom. The Hall–Kier alpha value is -2.08. The predicted octanol–water partition coefficient (Wildman–Crippen LogP) is 2.60. The molecule has 0 spiro atoms. The van der Waals surface area contributed by atoms with Crippen LogP contribution in [-0.2, 0) is 19.9 Å². The van der Waals surface area contributed by atoms with Crippen LogP contribution in [0.5, 0.6) is 5.75 Å². The first kappa shape index (κ1) is 16.8. The fourth-order valence-electron chi connectivity index (χ4n) is 3.06. The highest BCUT2D eigenvalue weighted by atomic mass is 35.5. The molecule has 1 aliphatic carbocycles. The van der Waals surface area contributed by atoms with Crippen molar-refractivity contribution >= 4 is 11.6 Å². The van der Waals surface area contributed by atoms with Crippen LogP contribution >= 0.6 is 11.6 Å². The summed E-state index contributed by atoms with van der Waals surface area (Å²) in [5.41, 5.74) is 0.113. The standard InChI is InChI=1S/C17H18ClFN2O3/c1-9(2)24-15-8-14(12(19)7-11(15)18)21-16(22)10-5-4-6-13(10)20(3)17(21)23/h7-9H,4-6H2,1-3H3. The Morgan fingerprint density at radius 1 is 1.25 bits per heavy atom. The Bertz CT molecular complexity index is 931. The van der Waals surface area contributed by atoms with Crippen molar-refractivity contribution < 1.29 is 9.13 Å². The van der Waals surface area contributed by atoms with Crippen molar-refractivity contribution in [3.05, 3.63) is 55.1 Å². The first-order valence-corrected chi connectivity index (χ1v) is 8.19. The third-order valence-electron chi connectivity index (χ3n) is 4.14. The molecule has 2 aromatic rings. The monoisotopic (exact) mass is 352 g/mol. The second kappa shape index (κ2) is 6.09. The van der Waals surface area contributed by atoms with Crippen molar-refractivity contribution in [1.29, 1.82) is 0 Å². The molecule has 1 aromatic heterocycles. The van der Waals surface area contributed by atoms with Crippen LogP contribution in [-0.4, -0.2) is 15.2 Å². The van der Waals surface area contributed by atoms with Gasteiger partial charge in [-0.3, -0.25) is 4.79 Å². The van der Waals surface area contributed by atoms with Crippen molar-refractivity contribution in [3.63, 3.8) is 0 Å². The zero-order valence-electron chi connectivity index (χ0n) is 13.7. The molecule has 0 saturated heterocycles. The molecular formula is C17H18ClFN2O3. The SMILES string of the molecule is CC(C)Oc1cc(-n2c(=O)c3c(n(C)c2=O)CCC3)c(F)cc1Cl. The largest absolute Gasteiger partial charge is 0.489 e. The van der Waals surface area contributed by atoms with Crippen LogP contribution in [0.15, 0.2) is 21.7 Å². The summed E-state index contributed by atoms with van der Waals surface area (Å²) in [4.78, 5) is 25.3. The molecule has 0 N–H and O–H groups in total. The van der Waals surface area contributed by atoms with E-state index in [2.05, 4.69) is 0 Å². The van der Waals surface area contributed by atoms with Gasteiger partial charge in [0, 0.05) is 24.4 Å². The van der Waals surface area contributed by atoms with Crippen LogP contribution in [0.2, 0.25) is 5.02 Å². The van der Waals surface area contributed by atoms with Gasteiger partial charge in [-0.25, -0.2) is 13.8 Å². The van der Waals surface area contributed by atoms with E-state index in [4.69, 9.17) is 16.3 Å². The van der Waals surface area contributed by atoms with E-state index in [0.717, 1.165) is 22.7 Å². The molecule has 0 fully saturated rings. The smallest absolute Gasteiger partial charge is 0.335 e. The molecule has 3 rings (SSSR count). The predicted molar refractivity (Wildman–Crippen MR) is 90.0 cm³/mol. The van der Waals surface area contributed by atoms with Gasteiger partial charge in [0.05, 0.1) is 16.8 Å². The molecule has 0 bridgehead atoms. The number of hydrogen-bond donors (Lipinski definition) is 0. The minimum absolute atomic E-state index is 0.0935. The van der Waals surface area contributed by atoms with E-state index in [1.165, 1.54) is 10.6 Å². The highest BCUT2D eigenvalue weighted by Gasteiger charge is 2.24. The third-order valence-corrected chi connectivity index (χ3v) is 4.43. The third kappa shape index (κ3) is 2.65. The van der Waals surface area contributed by atoms with Crippen LogP contribution in [0.4, 0.5) is 4.39 Å². The summed E-state index contributed by atoms with van der Waals surface area (Å²) < 4.78 is 22.3. The molecule has 1 aliphatic rings. The first-order chi connectivity index (χ1) is 11.3. The fraction of sp³-hybridized carbons (Fsp3) is 0.412. The topological polar surface area (TPSA) is 53.2 Å². The normalized spacial score (nSPS) is 13.4. The lowest BCUT2D eigenvalue weighted by Gasteiger charge is -2.16. The number of nitrogens with zero attached hydrogens (tertiary/aromatic N) is 2. The molecule has 1 heterocycles. The first-order valence-electron chi connectivity index (χ1n) is 7.81. The van der Waals surface area contributed by atoms with E-state index in [0.29, 0.717) is 18.4 Å². The Morgan fingerprint density at radius 3 is 2.62 bits per heavy atom. The molecule has 5 nitrogen and oxygen atoms in total. The number of benzene rings is 1. The minimum atomic E-state index is -0.742. The van der Waals surface area contributed by atoms with Crippen LogP contribution in [0, 0.1) is 5.82 Å². The maximum atomic E-state index is 14.4. The highest BCUT2D eigenvalue weighted by Crippen LogP contribution is 2.30. The molecule has 128 valence electrons. The summed E-state index contributed by atoms with van der Waals surface area (Å²) in [5, 5.41) is 0.0935. The number of rotatable bonds is 3. The molecule has 0 amide bonds. The van der Waals surface area contributed by atoms with Gasteiger partial charge >= 0.3 is 5.69 Å². The maximum Gasteiger partial charge on any atom is 0.335 e. The summed E-state index contributed by atoms with van der Waals surface area (Å²) in [6.07, 6.45) is 1.90. The number of halogens is 2. The summed E-state index contributed by atoms with van der Waals surface area (Å²) in [6, 6.07) is 2.37. The van der Waals surface area contributed by atoms with Gasteiger partial charge < -0.3 is 9.30 Å². The minimum Gasteiger partial charge on any atom is -0.489 e. The molecule has 0 radical (unpaired) electrons. The molecule has 24 heavy (non-hydrogen) atoms. The van der Waals surface area contributed by atoms with E-state index < -0.39 is 17.1 Å². The summed E-state index contributed by atoms with van der Waals surface area (Å²) in [5.74, 6) is -0.509. The molecule has 7 heteroatoms. The average Bonchev–Trinajstić information content (AvgIpc) is 2.99. The van der Waals surface area contributed by atoms with Gasteiger partial charge in [0.2, 0.25) is 0 Å². The van der Waals surface area contributed by atoms with Crippen LogP contribution in [0.25, 0.3) is 5.69 Å². The number of ether oxygens (including phenoxy) is 1. The van der Waals surface area contributed by atoms with E-state index >= 15 is 0 Å². The highest BCUT2D eigenvalue weighted by molar-refractivity contribution is 6.32. The van der Waals surface area contributed by atoms with Crippen molar-refractivity contribution in [3.8, 4) is 11.4 Å². The number of fused-ring (bicyclic) bond motifs is 1. The number of aromatic nitrogens is 2. The molecule has 1 aromatic carbocycles. The van der Waals surface area contributed by atoms with Crippen LogP contribution in [0.1, 0.15) is 31.5 Å². The molecule has 0 atom stereocenters. The fourth-order valence-corrected chi connectivity index (χ4v) is 3.26. The lowest BCUT2D eigenvalue weighted by Crippen LogP contribution is -2.41. The van der Waals surface area contributed by atoms with Gasteiger partial charge in [-0.05, 0) is 39.2 Å².